The van der Waals surface area contributed by atoms with Gasteiger partial charge in [0.2, 0.25) is 11.8 Å². The van der Waals surface area contributed by atoms with Crippen LogP contribution in [0, 0.1) is 18.3 Å². The molecule has 78 heavy (non-hydrogen) atoms. The summed E-state index contributed by atoms with van der Waals surface area (Å²) in [4.78, 5) is 73.6. The van der Waals surface area contributed by atoms with Crippen LogP contribution in [-0.2, 0) is 64.8 Å². The molecule has 18 nitrogen and oxygen atoms in total. The number of fused-ring (bicyclic) bond motifs is 1. The monoisotopic (exact) mass is 1110 g/mol. The Balaban J connectivity index is 0.809. The predicted octanol–water partition coefficient (Wildman–Crippen LogP) is 7.78. The lowest BCUT2D eigenvalue weighted by molar-refractivity contribution is -0.146. The normalized spacial score (nSPS) is 15.2. The van der Waals surface area contributed by atoms with Crippen LogP contribution in [0.2, 0.25) is 0 Å². The zero-order valence-corrected chi connectivity index (χ0v) is 47.1. The fourth-order valence-corrected chi connectivity index (χ4v) is 11.4. The van der Waals surface area contributed by atoms with Crippen LogP contribution in [0.1, 0.15) is 87.0 Å². The maximum Gasteiger partial charge on any atom is 0.328 e. The van der Waals surface area contributed by atoms with Crippen molar-refractivity contribution >= 4 is 55.6 Å². The highest BCUT2D eigenvalue weighted by Crippen LogP contribution is 2.36. The van der Waals surface area contributed by atoms with Crippen molar-refractivity contribution in [2.24, 2.45) is 25.4 Å². The van der Waals surface area contributed by atoms with E-state index in [2.05, 4.69) is 10.3 Å². The molecule has 418 valence electrons. The molecule has 4 aromatic carbocycles. The van der Waals surface area contributed by atoms with Crippen LogP contribution in [-0.4, -0.2) is 121 Å². The molecule has 1 aliphatic rings. The van der Waals surface area contributed by atoms with Gasteiger partial charge in [-0.05, 0) is 66.6 Å². The Labute approximate surface area is 459 Å². The third kappa shape index (κ3) is 15.4. The smallest absolute Gasteiger partial charge is 0.328 e. The van der Waals surface area contributed by atoms with E-state index in [-0.39, 0.29) is 117 Å². The molecule has 6 aromatic rings. The third-order valence-electron chi connectivity index (χ3n) is 13.6. The number of hydrogen-bond acceptors (Lipinski definition) is 15. The number of aryl methyl sites for hydroxylation is 3. The first-order valence-electron chi connectivity index (χ1n) is 26.2. The van der Waals surface area contributed by atoms with Crippen LogP contribution in [0.15, 0.2) is 100 Å². The third-order valence-corrected chi connectivity index (χ3v) is 16.2. The van der Waals surface area contributed by atoms with Gasteiger partial charge in [0.05, 0.1) is 76.9 Å². The lowest BCUT2D eigenvalue weighted by atomic mass is 9.77. The molecule has 1 aliphatic heterocycles. The number of thiazole rings is 1. The van der Waals surface area contributed by atoms with E-state index in [1.807, 2.05) is 58.9 Å². The van der Waals surface area contributed by atoms with Gasteiger partial charge in [0.15, 0.2) is 21.4 Å². The Bertz CT molecular complexity index is 3230. The van der Waals surface area contributed by atoms with Crippen molar-refractivity contribution in [3.63, 3.8) is 0 Å². The van der Waals surface area contributed by atoms with Gasteiger partial charge < -0.3 is 39.0 Å². The lowest BCUT2D eigenvalue weighted by Crippen LogP contribution is -2.50. The van der Waals surface area contributed by atoms with Gasteiger partial charge in [-0.25, -0.2) is 18.2 Å². The molecule has 0 spiro atoms. The number of β-amino-alcohol motifs (C(OH)–C–C–N with tert-alkyl or cyclic N) is 1. The van der Waals surface area contributed by atoms with Crippen LogP contribution in [0.25, 0.3) is 21.5 Å². The van der Waals surface area contributed by atoms with Crippen molar-refractivity contribution in [2.75, 3.05) is 52.8 Å². The Morgan fingerprint density at radius 2 is 1.54 bits per heavy atom. The second-order valence-electron chi connectivity index (χ2n) is 20.6. The number of benzene rings is 4. The molecule has 1 fully saturated rings. The van der Waals surface area contributed by atoms with E-state index < -0.39 is 39.1 Å². The molecule has 20 heteroatoms. The Hall–Kier alpha value is -6.55. The number of ketones is 2. The maximum atomic E-state index is 14.1. The van der Waals surface area contributed by atoms with Crippen molar-refractivity contribution in [2.45, 2.75) is 96.1 Å². The molecular weight excluding hydrogens is 1040 g/mol. The van der Waals surface area contributed by atoms with E-state index in [1.165, 1.54) is 32.2 Å². The number of amides is 2. The molecule has 2 N–H and O–H groups in total. The van der Waals surface area contributed by atoms with Crippen molar-refractivity contribution in [3.8, 4) is 27.7 Å². The molecule has 0 radical (unpaired) electrons. The van der Waals surface area contributed by atoms with Gasteiger partial charge in [0.25, 0.3) is 0 Å². The maximum absolute atomic E-state index is 14.1. The molecule has 2 aromatic heterocycles. The van der Waals surface area contributed by atoms with Crippen molar-refractivity contribution < 1.29 is 56.4 Å². The highest BCUT2D eigenvalue weighted by atomic mass is 32.2. The number of nitrogens with zero attached hydrogens (tertiary/aromatic N) is 4. The summed E-state index contributed by atoms with van der Waals surface area (Å²) < 4.78 is 59.9. The summed E-state index contributed by atoms with van der Waals surface area (Å²) in [5, 5.41) is 13.5. The fourth-order valence-electron chi connectivity index (χ4n) is 9.22. The van der Waals surface area contributed by atoms with Crippen LogP contribution in [0.5, 0.6) is 17.2 Å². The second-order valence-corrected chi connectivity index (χ2v) is 23.4. The minimum atomic E-state index is -4.02. The quantitative estimate of drug-likeness (QED) is 0.0354. The Morgan fingerprint density at radius 1 is 0.859 bits per heavy atom. The largest absolute Gasteiger partial charge is 0.493 e. The van der Waals surface area contributed by atoms with Gasteiger partial charge >= 0.3 is 5.69 Å². The van der Waals surface area contributed by atoms with Gasteiger partial charge in [-0.2, -0.15) is 0 Å². The van der Waals surface area contributed by atoms with Crippen molar-refractivity contribution in [1.82, 2.24) is 24.3 Å². The van der Waals surface area contributed by atoms with E-state index >= 15 is 0 Å². The second kappa shape index (κ2) is 26.9. The number of aliphatic hydroxyl groups is 1. The van der Waals surface area contributed by atoms with Gasteiger partial charge in [-0.1, -0.05) is 70.2 Å². The number of likely N-dealkylation sites (tertiary alicyclic amines) is 1. The summed E-state index contributed by atoms with van der Waals surface area (Å²) in [6.07, 6.45) is 0.443. The summed E-state index contributed by atoms with van der Waals surface area (Å²) >= 11 is 1.56. The number of imidazole rings is 1. The fraction of sp³-hybridized carbons (Fsp3) is 0.448. The number of hydrogen-bond donors (Lipinski definition) is 2. The van der Waals surface area contributed by atoms with E-state index in [9.17, 15) is 37.5 Å². The first kappa shape index (κ1) is 59.1. The topological polar surface area (TPSA) is 224 Å². The zero-order valence-electron chi connectivity index (χ0n) is 45.5. The minimum Gasteiger partial charge on any atom is -0.493 e. The average molecular weight is 1110 g/mol. The number of rotatable bonds is 28. The van der Waals surface area contributed by atoms with Gasteiger partial charge in [0, 0.05) is 82.2 Å². The Kier molecular flexibility index (Phi) is 20.4. The first-order chi connectivity index (χ1) is 37.2. The molecule has 1 saturated heterocycles. The summed E-state index contributed by atoms with van der Waals surface area (Å²) in [5.74, 6) is -1.20. The van der Waals surface area contributed by atoms with Gasteiger partial charge in [0.1, 0.15) is 29.9 Å². The molecule has 0 aliphatic carbocycles. The van der Waals surface area contributed by atoms with Crippen LogP contribution < -0.4 is 20.5 Å². The SMILES string of the molecule is CCCOc1cccc(Oc2cc3c(cc2CS(=O)(=O)c2cccc(C(=O)CCCOCCOCCOCC(=O)C[C@H](C(=O)N4C[C@H](O)C[C@H]4C(=O)NCc4ccc(-c5scnc5C)cc4)C(C)(C)C)c2)n(C)c(=O)n3C)c1. The molecule has 2 amide bonds. The number of aliphatic hydroxyl groups excluding tert-OH is 1. The van der Waals surface area contributed by atoms with Gasteiger partial charge in [-0.3, -0.25) is 28.3 Å². The van der Waals surface area contributed by atoms with Crippen molar-refractivity contribution in [3.05, 3.63) is 123 Å². The minimum absolute atomic E-state index is 0.00751. The number of sulfone groups is 1. The highest BCUT2D eigenvalue weighted by molar-refractivity contribution is 7.90. The number of carbonyl (C=O) groups is 4. The van der Waals surface area contributed by atoms with Crippen molar-refractivity contribution in [1.29, 1.82) is 0 Å². The molecular formula is C58H71N5O13S2. The Morgan fingerprint density at radius 3 is 2.23 bits per heavy atom. The van der Waals surface area contributed by atoms with Crippen LogP contribution in [0.4, 0.5) is 0 Å². The number of carbonyl (C=O) groups excluding carboxylic acids is 4. The standard InChI is InChI=1S/C58H71N5O13S2/c1-8-21-75-45-13-10-14-46(31-45)76-53-32-50-49(61(6)57(69)62(50)7)28-42(53)36-78(70,71)47-15-9-12-41(27-47)52(66)16-11-22-72-23-24-73-25-26-74-35-44(65)29-48(58(3,4)5)56(68)63-34-43(64)30-51(63)55(67)59-33-39-17-19-40(20-18-39)54-38(2)60-37-77-54/h9-10,12-15,17-20,27-28,31-32,37,43,48,51,64H,8,11,16,21-26,29-30,33-36H2,1-7H3,(H,59,67)/t43-,48-,51+/m1/s1. The van der Waals surface area contributed by atoms with E-state index in [1.54, 1.807) is 73.4 Å². The lowest BCUT2D eigenvalue weighted by Gasteiger charge is -2.34. The summed E-state index contributed by atoms with van der Waals surface area (Å²) in [6, 6.07) is 23.2. The zero-order chi connectivity index (χ0) is 56.1. The van der Waals surface area contributed by atoms with Crippen LogP contribution >= 0.6 is 11.3 Å². The van der Waals surface area contributed by atoms with E-state index in [4.69, 9.17) is 23.7 Å². The summed E-state index contributed by atoms with van der Waals surface area (Å²) in [7, 11) is -0.769. The average Bonchev–Trinajstić information content (AvgIpc) is 4.25. The predicted molar refractivity (Wildman–Crippen MR) is 297 cm³/mol. The summed E-state index contributed by atoms with van der Waals surface area (Å²) in [6.45, 7) is 11.1. The van der Waals surface area contributed by atoms with Crippen LogP contribution in [0.3, 0.4) is 0 Å². The molecule has 7 rings (SSSR count). The number of aromatic nitrogens is 3. The van der Waals surface area contributed by atoms with E-state index in [0.717, 1.165) is 28.1 Å². The molecule has 0 unspecified atom stereocenters. The summed E-state index contributed by atoms with van der Waals surface area (Å²) in [5.41, 5.74) is 5.45. The number of nitrogens with one attached hydrogen (secondary N) is 1. The molecule has 3 heterocycles. The van der Waals surface area contributed by atoms with E-state index in [0.29, 0.717) is 41.1 Å². The molecule has 3 atom stereocenters. The highest BCUT2D eigenvalue weighted by Gasteiger charge is 2.44. The number of ether oxygens (including phenoxy) is 5. The molecule has 0 bridgehead atoms. The number of Topliss-reactive ketones (excluding diaryl/α,β-unsaturated/α-hetero) is 2. The first-order valence-corrected chi connectivity index (χ1v) is 28.7. The van der Waals surface area contributed by atoms with Gasteiger partial charge in [-0.15, -0.1) is 11.3 Å². The molecule has 0 saturated carbocycles.